The monoisotopic (exact) mass is 447 g/mol. The quantitative estimate of drug-likeness (QED) is 0.289. The fourth-order valence-electron chi connectivity index (χ4n) is 3.38. The van der Waals surface area contributed by atoms with Crippen LogP contribution in [0.4, 0.5) is 21.6 Å². The molecule has 2 aromatic heterocycles. The number of hydrogen-bond acceptors (Lipinski definition) is 7. The van der Waals surface area contributed by atoms with Gasteiger partial charge in [0.1, 0.15) is 29.5 Å². The van der Waals surface area contributed by atoms with Crippen molar-refractivity contribution in [1.29, 1.82) is 0 Å². The summed E-state index contributed by atoms with van der Waals surface area (Å²) >= 11 is 0. The lowest BCUT2D eigenvalue weighted by molar-refractivity contribution is -0.111. The second kappa shape index (κ2) is 9.43. The second-order valence-corrected chi connectivity index (χ2v) is 7.41. The first-order chi connectivity index (χ1) is 16.0. The van der Waals surface area contributed by atoms with Crippen molar-refractivity contribution in [1.82, 2.24) is 19.9 Å². The van der Waals surface area contributed by atoms with Gasteiger partial charge < -0.3 is 25.7 Å². The molecule has 0 bridgehead atoms. The first-order valence-electron chi connectivity index (χ1n) is 10.3. The van der Waals surface area contributed by atoms with Gasteiger partial charge in [-0.25, -0.2) is 19.3 Å². The number of nitrogens with one attached hydrogen (secondary N) is 4. The molecule has 33 heavy (non-hydrogen) atoms. The number of aromatic amines is 1. The van der Waals surface area contributed by atoms with Crippen molar-refractivity contribution in [3.63, 3.8) is 0 Å². The molecule has 0 radical (unpaired) electrons. The van der Waals surface area contributed by atoms with Gasteiger partial charge in [-0.1, -0.05) is 31.2 Å². The molecule has 0 fully saturated rings. The average Bonchev–Trinajstić information content (AvgIpc) is 3.32. The molecule has 10 heteroatoms. The van der Waals surface area contributed by atoms with Crippen LogP contribution in [0.5, 0.6) is 0 Å². The molecule has 0 saturated heterocycles. The predicted molar refractivity (Wildman–Crippen MR) is 124 cm³/mol. The Kier molecular flexibility index (Phi) is 6.25. The van der Waals surface area contributed by atoms with Crippen LogP contribution in [0.2, 0.25) is 0 Å². The molecule has 4 aromatic rings. The van der Waals surface area contributed by atoms with E-state index in [1.165, 1.54) is 24.8 Å². The first-order valence-corrected chi connectivity index (χ1v) is 10.3. The van der Waals surface area contributed by atoms with Gasteiger partial charge in [-0.05, 0) is 30.7 Å². The fraction of sp³-hybridized carbons (Fsp3) is 0.174. The molecule has 1 atom stereocenters. The van der Waals surface area contributed by atoms with Crippen molar-refractivity contribution >= 4 is 40.5 Å². The number of nitrogens with zero attached hydrogens (tertiary/aromatic N) is 3. The maximum Gasteiger partial charge on any atom is 0.260 e. The Morgan fingerprint density at radius 3 is 2.70 bits per heavy atom. The SMILES string of the molecule is CC[C@](C=O)(CNc1cccc(F)c1C(=O)Nc1ccccc1)Nc1ncnc2nc[nH]c12. The van der Waals surface area contributed by atoms with Gasteiger partial charge in [-0.2, -0.15) is 0 Å². The Hall–Kier alpha value is -4.34. The summed E-state index contributed by atoms with van der Waals surface area (Å²) in [6, 6.07) is 13.1. The van der Waals surface area contributed by atoms with E-state index in [-0.39, 0.29) is 17.8 Å². The summed E-state index contributed by atoms with van der Waals surface area (Å²) in [6.45, 7) is 1.91. The van der Waals surface area contributed by atoms with Crippen molar-refractivity contribution in [2.45, 2.75) is 18.9 Å². The smallest absolute Gasteiger partial charge is 0.260 e. The number of benzene rings is 2. The van der Waals surface area contributed by atoms with Crippen LogP contribution in [0.1, 0.15) is 23.7 Å². The molecular weight excluding hydrogens is 425 g/mol. The van der Waals surface area contributed by atoms with Gasteiger partial charge in [-0.15, -0.1) is 0 Å². The van der Waals surface area contributed by atoms with Crippen LogP contribution in [0.15, 0.2) is 61.2 Å². The lowest BCUT2D eigenvalue weighted by Crippen LogP contribution is -2.46. The molecule has 0 spiro atoms. The largest absolute Gasteiger partial charge is 0.381 e. The highest BCUT2D eigenvalue weighted by molar-refractivity contribution is 6.08. The Labute approximate surface area is 188 Å². The third-order valence-corrected chi connectivity index (χ3v) is 5.31. The summed E-state index contributed by atoms with van der Waals surface area (Å²) in [7, 11) is 0. The number of para-hydroxylation sites is 1. The van der Waals surface area contributed by atoms with E-state index in [1.54, 1.807) is 30.3 Å². The van der Waals surface area contributed by atoms with E-state index in [9.17, 15) is 14.0 Å². The fourth-order valence-corrected chi connectivity index (χ4v) is 3.38. The number of aromatic nitrogens is 4. The van der Waals surface area contributed by atoms with Crippen LogP contribution in [0.3, 0.4) is 0 Å². The second-order valence-electron chi connectivity index (χ2n) is 7.41. The number of fused-ring (bicyclic) bond motifs is 1. The van der Waals surface area contributed by atoms with Gasteiger partial charge in [-0.3, -0.25) is 4.79 Å². The Balaban J connectivity index is 1.57. The Morgan fingerprint density at radius 1 is 1.12 bits per heavy atom. The van der Waals surface area contributed by atoms with Crippen LogP contribution < -0.4 is 16.0 Å². The third kappa shape index (κ3) is 4.64. The maximum absolute atomic E-state index is 14.7. The number of amides is 1. The lowest BCUT2D eigenvalue weighted by Gasteiger charge is -2.29. The van der Waals surface area contributed by atoms with E-state index in [1.807, 2.05) is 13.0 Å². The number of aldehydes is 1. The molecule has 1 amide bonds. The highest BCUT2D eigenvalue weighted by atomic mass is 19.1. The van der Waals surface area contributed by atoms with Crippen LogP contribution in [-0.2, 0) is 4.79 Å². The van der Waals surface area contributed by atoms with Gasteiger partial charge in [0.15, 0.2) is 11.5 Å². The normalized spacial score (nSPS) is 12.7. The number of hydrogen-bond donors (Lipinski definition) is 4. The van der Waals surface area contributed by atoms with E-state index < -0.39 is 17.3 Å². The number of anilines is 3. The molecule has 9 nitrogen and oxygen atoms in total. The first kappa shape index (κ1) is 21.9. The molecule has 0 unspecified atom stereocenters. The Morgan fingerprint density at radius 2 is 1.94 bits per heavy atom. The zero-order chi connectivity index (χ0) is 23.3. The molecule has 0 aliphatic heterocycles. The molecule has 2 aromatic carbocycles. The van der Waals surface area contributed by atoms with Crippen LogP contribution in [0, 0.1) is 5.82 Å². The summed E-state index contributed by atoms with van der Waals surface area (Å²) in [4.78, 5) is 40.3. The van der Waals surface area contributed by atoms with E-state index in [0.717, 1.165) is 6.29 Å². The van der Waals surface area contributed by atoms with Crippen LogP contribution >= 0.6 is 0 Å². The summed E-state index contributed by atoms with van der Waals surface area (Å²) in [5, 5.41) is 8.90. The average molecular weight is 447 g/mol. The van der Waals surface area contributed by atoms with Gasteiger partial charge in [0.05, 0.1) is 17.6 Å². The number of H-pyrrole nitrogens is 1. The summed E-state index contributed by atoms with van der Waals surface area (Å²) in [5.41, 5.74) is 0.592. The van der Waals surface area contributed by atoms with E-state index in [0.29, 0.717) is 29.1 Å². The minimum Gasteiger partial charge on any atom is -0.381 e. The van der Waals surface area contributed by atoms with Crippen molar-refractivity contribution in [3.05, 3.63) is 72.6 Å². The minimum absolute atomic E-state index is 0.0711. The van der Waals surface area contributed by atoms with E-state index in [2.05, 4.69) is 35.9 Å². The zero-order valence-corrected chi connectivity index (χ0v) is 17.8. The molecule has 4 rings (SSSR count). The molecular formula is C23H22FN7O2. The summed E-state index contributed by atoms with van der Waals surface area (Å²) in [5.74, 6) is -0.864. The topological polar surface area (TPSA) is 125 Å². The van der Waals surface area contributed by atoms with Gasteiger partial charge in [0.25, 0.3) is 5.91 Å². The van der Waals surface area contributed by atoms with Gasteiger partial charge in [0, 0.05) is 12.2 Å². The standard InChI is InChI=1S/C23H22FN7O2/c1-2-23(12-32,31-21-19-20(27-13-26-19)28-14-29-21)11-25-17-10-6-9-16(24)18(17)22(33)30-15-7-4-3-5-8-15/h3-10,12-14,25H,2,11H2,1H3,(H,30,33)(H2,26,27,28,29,31)/t23-/m1/s1. The number of imidazole rings is 1. The number of rotatable bonds is 9. The highest BCUT2D eigenvalue weighted by Crippen LogP contribution is 2.24. The van der Waals surface area contributed by atoms with Crippen molar-refractivity contribution in [2.24, 2.45) is 0 Å². The molecule has 4 N–H and O–H groups in total. The minimum atomic E-state index is -1.09. The number of carbonyl (C=O) groups excluding carboxylic acids is 2. The predicted octanol–water partition coefficient (Wildman–Crippen LogP) is 3.62. The lowest BCUT2D eigenvalue weighted by atomic mass is 9.97. The highest BCUT2D eigenvalue weighted by Gasteiger charge is 2.30. The van der Waals surface area contributed by atoms with Crippen molar-refractivity contribution in [3.8, 4) is 0 Å². The third-order valence-electron chi connectivity index (χ3n) is 5.31. The van der Waals surface area contributed by atoms with Crippen molar-refractivity contribution < 1.29 is 14.0 Å². The molecule has 168 valence electrons. The number of carbonyl (C=O) groups is 2. The van der Waals surface area contributed by atoms with Crippen LogP contribution in [-0.4, -0.2) is 44.2 Å². The van der Waals surface area contributed by atoms with E-state index in [4.69, 9.17) is 0 Å². The molecule has 0 saturated carbocycles. The van der Waals surface area contributed by atoms with Gasteiger partial charge >= 0.3 is 0 Å². The maximum atomic E-state index is 14.7. The van der Waals surface area contributed by atoms with Gasteiger partial charge in [0.2, 0.25) is 0 Å². The van der Waals surface area contributed by atoms with Crippen molar-refractivity contribution in [2.75, 3.05) is 22.5 Å². The summed E-state index contributed by atoms with van der Waals surface area (Å²) in [6.07, 6.45) is 4.00. The molecule has 0 aliphatic carbocycles. The zero-order valence-electron chi connectivity index (χ0n) is 17.8. The van der Waals surface area contributed by atoms with E-state index >= 15 is 0 Å². The van der Waals surface area contributed by atoms with Crippen LogP contribution in [0.25, 0.3) is 11.2 Å². The Bertz CT molecular complexity index is 1280. The molecule has 2 heterocycles. The summed E-state index contributed by atoms with van der Waals surface area (Å²) < 4.78 is 14.7. The number of halogens is 1. The molecule has 0 aliphatic rings.